The van der Waals surface area contributed by atoms with Gasteiger partial charge in [0.2, 0.25) is 17.6 Å². The lowest BCUT2D eigenvalue weighted by Gasteiger charge is -2.30. The second-order valence-electron chi connectivity index (χ2n) is 7.07. The van der Waals surface area contributed by atoms with Crippen molar-refractivity contribution in [3.05, 3.63) is 64.5 Å². The third kappa shape index (κ3) is 4.96. The first-order valence-corrected chi connectivity index (χ1v) is 10.2. The van der Waals surface area contributed by atoms with Crippen LogP contribution in [-0.4, -0.2) is 34.0 Å². The van der Waals surface area contributed by atoms with E-state index in [1.807, 2.05) is 30.3 Å². The van der Waals surface area contributed by atoms with E-state index in [1.54, 1.807) is 18.2 Å². The van der Waals surface area contributed by atoms with Crippen LogP contribution in [0.3, 0.4) is 0 Å². The van der Waals surface area contributed by atoms with Gasteiger partial charge in [0.1, 0.15) is 0 Å². The van der Waals surface area contributed by atoms with Crippen LogP contribution in [-0.2, 0) is 11.3 Å². The maximum atomic E-state index is 12.7. The quantitative estimate of drug-likeness (QED) is 0.623. The lowest BCUT2D eigenvalue weighted by molar-refractivity contribution is -0.121. The van der Waals surface area contributed by atoms with Gasteiger partial charge >= 0.3 is 0 Å². The molecule has 29 heavy (non-hydrogen) atoms. The second-order valence-corrected chi connectivity index (χ2v) is 7.88. The van der Waals surface area contributed by atoms with Gasteiger partial charge in [-0.25, -0.2) is 0 Å². The summed E-state index contributed by atoms with van der Waals surface area (Å²) in [6.07, 6.45) is 1.77. The van der Waals surface area contributed by atoms with Crippen LogP contribution in [0.4, 0.5) is 5.69 Å². The van der Waals surface area contributed by atoms with Crippen LogP contribution in [0.25, 0.3) is 11.4 Å². The smallest absolute Gasteiger partial charge is 0.241 e. The van der Waals surface area contributed by atoms with E-state index < -0.39 is 0 Å². The van der Waals surface area contributed by atoms with Crippen LogP contribution in [0.2, 0.25) is 10.0 Å². The Kier molecular flexibility index (Phi) is 6.13. The van der Waals surface area contributed by atoms with Crippen LogP contribution >= 0.6 is 23.2 Å². The Morgan fingerprint density at radius 2 is 2.00 bits per heavy atom. The molecule has 3 aromatic rings. The number of amides is 1. The van der Waals surface area contributed by atoms with Crippen LogP contribution in [0.15, 0.2) is 53.1 Å². The summed E-state index contributed by atoms with van der Waals surface area (Å²) in [6.45, 7) is 2.05. The Labute approximate surface area is 178 Å². The van der Waals surface area contributed by atoms with Gasteiger partial charge in [-0.2, -0.15) is 4.98 Å². The van der Waals surface area contributed by atoms with E-state index >= 15 is 0 Å². The SMILES string of the molecule is O=C(Nc1ccc(Cl)c(Cl)c1)C1CCCN(Cc2nc(-c3ccccc3)no2)C1. The summed E-state index contributed by atoms with van der Waals surface area (Å²) in [6, 6.07) is 14.8. The number of benzene rings is 2. The standard InChI is InChI=1S/C21H20Cl2N4O2/c22-17-9-8-16(11-18(17)23)24-21(28)15-7-4-10-27(12-15)13-19-25-20(26-29-19)14-5-2-1-3-6-14/h1-3,5-6,8-9,11,15H,4,7,10,12-13H2,(H,24,28). The molecule has 8 heteroatoms. The molecule has 0 saturated carbocycles. The number of piperidine rings is 1. The zero-order valence-electron chi connectivity index (χ0n) is 15.6. The summed E-state index contributed by atoms with van der Waals surface area (Å²) in [4.78, 5) is 19.3. The summed E-state index contributed by atoms with van der Waals surface area (Å²) in [5.41, 5.74) is 1.56. The van der Waals surface area contributed by atoms with Crippen molar-refractivity contribution in [2.75, 3.05) is 18.4 Å². The number of nitrogens with zero attached hydrogens (tertiary/aromatic N) is 3. The first kappa shape index (κ1) is 19.9. The molecule has 0 spiro atoms. The number of anilines is 1. The summed E-state index contributed by atoms with van der Waals surface area (Å²) in [5.74, 6) is 0.985. The zero-order chi connectivity index (χ0) is 20.2. The molecule has 1 atom stereocenters. The van der Waals surface area contributed by atoms with Gasteiger partial charge in [-0.05, 0) is 37.6 Å². The highest BCUT2D eigenvalue weighted by molar-refractivity contribution is 6.42. The van der Waals surface area contributed by atoms with Crippen molar-refractivity contribution in [3.63, 3.8) is 0 Å². The molecule has 1 fully saturated rings. The fourth-order valence-electron chi connectivity index (χ4n) is 3.45. The Bertz CT molecular complexity index is 993. The highest BCUT2D eigenvalue weighted by Gasteiger charge is 2.27. The number of carbonyl (C=O) groups is 1. The third-order valence-electron chi connectivity index (χ3n) is 4.92. The zero-order valence-corrected chi connectivity index (χ0v) is 17.2. The van der Waals surface area contributed by atoms with E-state index in [2.05, 4.69) is 20.4 Å². The average Bonchev–Trinajstić information content (AvgIpc) is 3.20. The molecule has 150 valence electrons. The van der Waals surface area contributed by atoms with E-state index in [0.717, 1.165) is 24.9 Å². The Morgan fingerprint density at radius 3 is 2.79 bits per heavy atom. The maximum Gasteiger partial charge on any atom is 0.241 e. The lowest BCUT2D eigenvalue weighted by atomic mass is 9.97. The van der Waals surface area contributed by atoms with Crippen LogP contribution in [0.1, 0.15) is 18.7 Å². The Balaban J connectivity index is 1.36. The van der Waals surface area contributed by atoms with E-state index in [4.69, 9.17) is 27.7 Å². The van der Waals surface area contributed by atoms with Gasteiger partial charge in [-0.1, -0.05) is 58.7 Å². The van der Waals surface area contributed by atoms with Crippen molar-refractivity contribution >= 4 is 34.8 Å². The molecule has 1 unspecified atom stereocenters. The van der Waals surface area contributed by atoms with Crippen LogP contribution < -0.4 is 5.32 Å². The van der Waals surface area contributed by atoms with E-state index in [0.29, 0.717) is 40.5 Å². The minimum Gasteiger partial charge on any atom is -0.338 e. The predicted octanol–water partition coefficient (Wildman–Crippen LogP) is 4.89. The number of carbonyl (C=O) groups excluding carboxylic acids is 1. The summed E-state index contributed by atoms with van der Waals surface area (Å²) in [5, 5.41) is 7.87. The summed E-state index contributed by atoms with van der Waals surface area (Å²) >= 11 is 12.0. The molecule has 1 N–H and O–H groups in total. The predicted molar refractivity (Wildman–Crippen MR) is 113 cm³/mol. The number of aromatic nitrogens is 2. The Morgan fingerprint density at radius 1 is 1.17 bits per heavy atom. The minimum atomic E-state index is -0.116. The Hall–Kier alpha value is -2.41. The molecule has 0 bridgehead atoms. The molecule has 2 heterocycles. The number of hydrogen-bond donors (Lipinski definition) is 1. The van der Waals surface area contributed by atoms with Crippen LogP contribution in [0.5, 0.6) is 0 Å². The number of nitrogens with one attached hydrogen (secondary N) is 1. The van der Waals surface area contributed by atoms with E-state index in [-0.39, 0.29) is 11.8 Å². The van der Waals surface area contributed by atoms with Crippen LogP contribution in [0, 0.1) is 5.92 Å². The molecule has 1 saturated heterocycles. The molecule has 1 aromatic heterocycles. The first-order chi connectivity index (χ1) is 14.1. The molecule has 1 amide bonds. The topological polar surface area (TPSA) is 71.3 Å². The molecular weight excluding hydrogens is 411 g/mol. The maximum absolute atomic E-state index is 12.7. The normalized spacial score (nSPS) is 17.2. The summed E-state index contributed by atoms with van der Waals surface area (Å²) in [7, 11) is 0. The van der Waals surface area contributed by atoms with E-state index in [9.17, 15) is 4.79 Å². The molecule has 4 rings (SSSR count). The van der Waals surface area contributed by atoms with Crippen molar-refractivity contribution in [2.24, 2.45) is 5.92 Å². The second kappa shape index (κ2) is 8.95. The number of halogens is 2. The average molecular weight is 431 g/mol. The van der Waals surface area contributed by atoms with Gasteiger partial charge in [-0.3, -0.25) is 9.69 Å². The molecule has 0 radical (unpaired) electrons. The van der Waals surface area contributed by atoms with Crippen molar-refractivity contribution < 1.29 is 9.32 Å². The van der Waals surface area contributed by atoms with Gasteiger partial charge in [0.15, 0.2) is 0 Å². The number of likely N-dealkylation sites (tertiary alicyclic amines) is 1. The third-order valence-corrected chi connectivity index (χ3v) is 5.66. The monoisotopic (exact) mass is 430 g/mol. The summed E-state index contributed by atoms with van der Waals surface area (Å²) < 4.78 is 5.41. The molecule has 1 aliphatic heterocycles. The molecule has 2 aromatic carbocycles. The van der Waals surface area contributed by atoms with Crippen molar-refractivity contribution in [1.82, 2.24) is 15.0 Å². The highest BCUT2D eigenvalue weighted by Crippen LogP contribution is 2.26. The number of rotatable bonds is 5. The van der Waals surface area contributed by atoms with Gasteiger partial charge in [0.05, 0.1) is 22.5 Å². The van der Waals surface area contributed by atoms with Gasteiger partial charge in [0.25, 0.3) is 0 Å². The largest absolute Gasteiger partial charge is 0.338 e. The molecular formula is C21H20Cl2N4O2. The fraction of sp³-hybridized carbons (Fsp3) is 0.286. The van der Waals surface area contributed by atoms with Crippen molar-refractivity contribution in [1.29, 1.82) is 0 Å². The lowest BCUT2D eigenvalue weighted by Crippen LogP contribution is -2.40. The molecule has 0 aliphatic carbocycles. The van der Waals surface area contributed by atoms with E-state index in [1.165, 1.54) is 0 Å². The van der Waals surface area contributed by atoms with Crippen molar-refractivity contribution in [2.45, 2.75) is 19.4 Å². The van der Waals surface area contributed by atoms with Gasteiger partial charge in [-0.15, -0.1) is 0 Å². The fourth-order valence-corrected chi connectivity index (χ4v) is 3.74. The highest BCUT2D eigenvalue weighted by atomic mass is 35.5. The number of hydrogen-bond acceptors (Lipinski definition) is 5. The van der Waals surface area contributed by atoms with Crippen molar-refractivity contribution in [3.8, 4) is 11.4 Å². The van der Waals surface area contributed by atoms with Gasteiger partial charge < -0.3 is 9.84 Å². The van der Waals surface area contributed by atoms with Gasteiger partial charge in [0, 0.05) is 17.8 Å². The molecule has 1 aliphatic rings. The molecule has 6 nitrogen and oxygen atoms in total. The first-order valence-electron chi connectivity index (χ1n) is 9.45. The minimum absolute atomic E-state index is 0.0245.